The summed E-state index contributed by atoms with van der Waals surface area (Å²) in [5.74, 6) is -0.972. The number of aromatic carboxylic acids is 1. The zero-order chi connectivity index (χ0) is 15.7. The molecule has 1 amide bonds. The van der Waals surface area contributed by atoms with Crippen molar-refractivity contribution in [2.45, 2.75) is 38.3 Å². The van der Waals surface area contributed by atoms with Crippen molar-refractivity contribution in [2.75, 3.05) is 19.6 Å². The minimum absolute atomic E-state index is 0.00199. The monoisotopic (exact) mass is 302 g/mol. The molecule has 5 heteroatoms. The smallest absolute Gasteiger partial charge is 0.335 e. The van der Waals surface area contributed by atoms with Crippen LogP contribution in [0.4, 0.5) is 0 Å². The molecule has 0 aromatic heterocycles. The van der Waals surface area contributed by atoms with Gasteiger partial charge in [0.2, 0.25) is 0 Å². The molecule has 2 fully saturated rings. The van der Waals surface area contributed by atoms with Crippen LogP contribution in [0.25, 0.3) is 0 Å². The maximum absolute atomic E-state index is 12.4. The summed E-state index contributed by atoms with van der Waals surface area (Å²) in [5.41, 5.74) is 0.773. The summed E-state index contributed by atoms with van der Waals surface area (Å²) in [7, 11) is 0. The molecular formula is C17H22N2O3. The predicted molar refractivity (Wildman–Crippen MR) is 83.1 cm³/mol. The van der Waals surface area contributed by atoms with Crippen LogP contribution < -0.4 is 0 Å². The summed E-state index contributed by atoms with van der Waals surface area (Å²) in [6.45, 7) is 4.98. The number of carbonyl (C=O) groups excluding carboxylic acids is 1. The first-order chi connectivity index (χ1) is 10.6. The molecule has 1 aromatic carbocycles. The molecule has 1 aromatic rings. The van der Waals surface area contributed by atoms with Crippen LogP contribution in [-0.4, -0.2) is 58.5 Å². The van der Waals surface area contributed by atoms with Crippen molar-refractivity contribution in [2.24, 2.45) is 0 Å². The molecule has 2 aliphatic heterocycles. The fraction of sp³-hybridized carbons (Fsp3) is 0.529. The minimum atomic E-state index is -0.970. The average Bonchev–Trinajstić information content (AvgIpc) is 2.47. The SMILES string of the molecule is CC1CCCCN1C1CN(C(=O)c2ccc(C(=O)O)cc2)C1. The van der Waals surface area contributed by atoms with Crippen molar-refractivity contribution < 1.29 is 14.7 Å². The van der Waals surface area contributed by atoms with Crippen molar-refractivity contribution in [3.05, 3.63) is 35.4 Å². The molecule has 22 heavy (non-hydrogen) atoms. The van der Waals surface area contributed by atoms with Crippen molar-refractivity contribution in [3.63, 3.8) is 0 Å². The van der Waals surface area contributed by atoms with E-state index in [1.54, 1.807) is 12.1 Å². The lowest BCUT2D eigenvalue weighted by molar-refractivity contribution is 0.00212. The van der Waals surface area contributed by atoms with Crippen molar-refractivity contribution >= 4 is 11.9 Å². The molecule has 0 aliphatic carbocycles. The second-order valence-electron chi connectivity index (χ2n) is 6.33. The zero-order valence-electron chi connectivity index (χ0n) is 12.9. The van der Waals surface area contributed by atoms with Gasteiger partial charge in [0.25, 0.3) is 5.91 Å². The number of amides is 1. The summed E-state index contributed by atoms with van der Waals surface area (Å²) < 4.78 is 0. The fourth-order valence-corrected chi connectivity index (χ4v) is 3.43. The molecular weight excluding hydrogens is 280 g/mol. The van der Waals surface area contributed by atoms with Crippen molar-refractivity contribution in [1.29, 1.82) is 0 Å². The van der Waals surface area contributed by atoms with Gasteiger partial charge in [-0.25, -0.2) is 4.79 Å². The molecule has 5 nitrogen and oxygen atoms in total. The van der Waals surface area contributed by atoms with Gasteiger partial charge in [0.1, 0.15) is 0 Å². The Morgan fingerprint density at radius 3 is 2.32 bits per heavy atom. The maximum Gasteiger partial charge on any atom is 0.335 e. The van der Waals surface area contributed by atoms with Crippen LogP contribution >= 0.6 is 0 Å². The Morgan fingerprint density at radius 2 is 1.73 bits per heavy atom. The van der Waals surface area contributed by atoms with Crippen LogP contribution in [0, 0.1) is 0 Å². The molecule has 3 rings (SSSR count). The number of carbonyl (C=O) groups is 2. The summed E-state index contributed by atoms with van der Waals surface area (Å²) in [5, 5.41) is 8.88. The number of nitrogens with zero attached hydrogens (tertiary/aromatic N) is 2. The highest BCUT2D eigenvalue weighted by Gasteiger charge is 2.37. The number of likely N-dealkylation sites (tertiary alicyclic amines) is 2. The third-order valence-corrected chi connectivity index (χ3v) is 4.85. The van der Waals surface area contributed by atoms with Crippen LogP contribution in [0.1, 0.15) is 46.9 Å². The van der Waals surface area contributed by atoms with Gasteiger partial charge in [0, 0.05) is 30.7 Å². The first-order valence-corrected chi connectivity index (χ1v) is 7.94. The molecule has 1 unspecified atom stereocenters. The van der Waals surface area contributed by atoms with Crippen molar-refractivity contribution in [3.8, 4) is 0 Å². The normalized spacial score (nSPS) is 23.1. The summed E-state index contributed by atoms with van der Waals surface area (Å²) in [6, 6.07) is 7.27. The second-order valence-corrected chi connectivity index (χ2v) is 6.33. The lowest BCUT2D eigenvalue weighted by Crippen LogP contribution is -2.63. The molecule has 118 valence electrons. The number of piperidine rings is 1. The number of hydrogen-bond donors (Lipinski definition) is 1. The van der Waals surface area contributed by atoms with Gasteiger partial charge in [-0.15, -0.1) is 0 Å². The van der Waals surface area contributed by atoms with E-state index in [9.17, 15) is 9.59 Å². The van der Waals surface area contributed by atoms with E-state index >= 15 is 0 Å². The van der Waals surface area contributed by atoms with Crippen LogP contribution in [0.3, 0.4) is 0 Å². The molecule has 0 saturated carbocycles. The molecule has 2 saturated heterocycles. The Kier molecular flexibility index (Phi) is 4.16. The van der Waals surface area contributed by atoms with E-state index in [-0.39, 0.29) is 11.5 Å². The van der Waals surface area contributed by atoms with Gasteiger partial charge < -0.3 is 10.0 Å². The Labute approximate surface area is 130 Å². The van der Waals surface area contributed by atoms with E-state index in [0.717, 1.165) is 19.6 Å². The largest absolute Gasteiger partial charge is 0.478 e. The quantitative estimate of drug-likeness (QED) is 0.928. The van der Waals surface area contributed by atoms with Gasteiger partial charge in [-0.2, -0.15) is 0 Å². The zero-order valence-corrected chi connectivity index (χ0v) is 12.9. The number of carboxylic acids is 1. The van der Waals surface area contributed by atoms with Crippen LogP contribution in [0.15, 0.2) is 24.3 Å². The highest BCUT2D eigenvalue weighted by atomic mass is 16.4. The number of hydrogen-bond acceptors (Lipinski definition) is 3. The number of benzene rings is 1. The van der Waals surface area contributed by atoms with E-state index < -0.39 is 5.97 Å². The Bertz CT molecular complexity index is 564. The standard InChI is InChI=1S/C17H22N2O3/c1-12-4-2-3-9-19(12)15-10-18(11-15)16(20)13-5-7-14(8-6-13)17(21)22/h5-8,12,15H,2-4,9-11H2,1H3,(H,21,22). The Hall–Kier alpha value is -1.88. The van der Waals surface area contributed by atoms with E-state index in [4.69, 9.17) is 5.11 Å². The minimum Gasteiger partial charge on any atom is -0.478 e. The van der Waals surface area contributed by atoms with Gasteiger partial charge in [-0.1, -0.05) is 6.42 Å². The summed E-state index contributed by atoms with van der Waals surface area (Å²) in [6.07, 6.45) is 3.81. The number of carboxylic acid groups (broad SMARTS) is 1. The molecule has 0 bridgehead atoms. The van der Waals surface area contributed by atoms with Gasteiger partial charge in [-0.3, -0.25) is 9.69 Å². The van der Waals surface area contributed by atoms with Crippen LogP contribution in [-0.2, 0) is 0 Å². The Balaban J connectivity index is 1.57. The van der Waals surface area contributed by atoms with Gasteiger partial charge >= 0.3 is 5.97 Å². The van der Waals surface area contributed by atoms with Crippen LogP contribution in [0.2, 0.25) is 0 Å². The molecule has 2 aliphatic rings. The third-order valence-electron chi connectivity index (χ3n) is 4.85. The molecule has 0 spiro atoms. The number of rotatable bonds is 3. The van der Waals surface area contributed by atoms with Gasteiger partial charge in [-0.05, 0) is 50.6 Å². The van der Waals surface area contributed by atoms with E-state index in [2.05, 4.69) is 11.8 Å². The van der Waals surface area contributed by atoms with E-state index in [0.29, 0.717) is 17.6 Å². The van der Waals surface area contributed by atoms with E-state index in [1.807, 2.05) is 4.90 Å². The van der Waals surface area contributed by atoms with Crippen LogP contribution in [0.5, 0.6) is 0 Å². The first kappa shape index (κ1) is 15.0. The predicted octanol–water partition coefficient (Wildman–Crippen LogP) is 2.08. The maximum atomic E-state index is 12.4. The molecule has 1 N–H and O–H groups in total. The summed E-state index contributed by atoms with van der Waals surface area (Å²) in [4.78, 5) is 27.6. The lowest BCUT2D eigenvalue weighted by Gasteiger charge is -2.49. The van der Waals surface area contributed by atoms with Crippen molar-refractivity contribution in [1.82, 2.24) is 9.80 Å². The van der Waals surface area contributed by atoms with E-state index in [1.165, 1.54) is 31.4 Å². The first-order valence-electron chi connectivity index (χ1n) is 7.94. The average molecular weight is 302 g/mol. The second kappa shape index (κ2) is 6.08. The Morgan fingerprint density at radius 1 is 1.09 bits per heavy atom. The van der Waals surface area contributed by atoms with Gasteiger partial charge in [0.05, 0.1) is 5.56 Å². The fourth-order valence-electron chi connectivity index (χ4n) is 3.43. The molecule has 1 atom stereocenters. The molecule has 0 radical (unpaired) electrons. The topological polar surface area (TPSA) is 60.9 Å². The van der Waals surface area contributed by atoms with Gasteiger partial charge in [0.15, 0.2) is 0 Å². The summed E-state index contributed by atoms with van der Waals surface area (Å²) >= 11 is 0. The highest BCUT2D eigenvalue weighted by Crippen LogP contribution is 2.25. The third kappa shape index (κ3) is 2.86. The highest BCUT2D eigenvalue weighted by molar-refractivity contribution is 5.96. The molecule has 2 heterocycles. The lowest BCUT2D eigenvalue weighted by atomic mass is 9.97.